The lowest BCUT2D eigenvalue weighted by atomic mass is 9.62. The topological polar surface area (TPSA) is 77.9 Å². The maximum Gasteiger partial charge on any atom is 0.222 e. The van der Waals surface area contributed by atoms with Crippen LogP contribution in [0.3, 0.4) is 0 Å². The van der Waals surface area contributed by atoms with Crippen LogP contribution in [0.1, 0.15) is 37.3 Å². The minimum atomic E-state index is -3.49. The van der Waals surface area contributed by atoms with Crippen molar-refractivity contribution in [2.75, 3.05) is 26.0 Å². The number of amides is 1. The number of rotatable bonds is 5. The molecule has 0 radical (unpaired) electrons. The summed E-state index contributed by atoms with van der Waals surface area (Å²) in [6.45, 7) is 4.28. The second-order valence-corrected chi connectivity index (χ2v) is 9.02. The van der Waals surface area contributed by atoms with Crippen LogP contribution in [0.25, 0.3) is 6.08 Å². The molecule has 0 aliphatic carbocycles. The highest BCUT2D eigenvalue weighted by Gasteiger charge is 2.69. The third-order valence-electron chi connectivity index (χ3n) is 5.49. The van der Waals surface area contributed by atoms with E-state index in [0.717, 1.165) is 11.1 Å². The first-order chi connectivity index (χ1) is 12.3. The number of likely N-dealkylation sites (tertiary alicyclic amines) is 1. The predicted octanol–water partition coefficient (Wildman–Crippen LogP) is 1.43. The number of sulfonamides is 1. The van der Waals surface area contributed by atoms with Crippen LogP contribution < -0.4 is 0 Å². The van der Waals surface area contributed by atoms with Crippen molar-refractivity contribution in [2.24, 2.45) is 0 Å². The largest absolute Gasteiger partial charge is 0.395 e. The molecule has 142 valence electrons. The van der Waals surface area contributed by atoms with E-state index < -0.39 is 21.6 Å². The Bertz CT molecular complexity index is 810. The Morgan fingerprint density at radius 2 is 1.92 bits per heavy atom. The molecule has 2 saturated heterocycles. The fourth-order valence-corrected chi connectivity index (χ4v) is 6.09. The second-order valence-electron chi connectivity index (χ2n) is 7.16. The van der Waals surface area contributed by atoms with E-state index in [1.165, 1.54) is 10.6 Å². The number of aliphatic hydroxyl groups is 1. The molecule has 7 heteroatoms. The molecule has 1 amide bonds. The van der Waals surface area contributed by atoms with Crippen LogP contribution in [0.15, 0.2) is 30.3 Å². The maximum atomic E-state index is 12.4. The number of carbonyl (C=O) groups is 1. The van der Waals surface area contributed by atoms with Gasteiger partial charge in [-0.2, -0.15) is 4.31 Å². The lowest BCUT2D eigenvalue weighted by Gasteiger charge is -2.69. The molecule has 2 heterocycles. The Labute approximate surface area is 155 Å². The lowest BCUT2D eigenvalue weighted by molar-refractivity contribution is -0.167. The van der Waals surface area contributed by atoms with Crippen molar-refractivity contribution >= 4 is 22.0 Å². The first-order valence-electron chi connectivity index (χ1n) is 8.89. The van der Waals surface area contributed by atoms with E-state index >= 15 is 0 Å². The molecule has 1 N–H and O–H groups in total. The summed E-state index contributed by atoms with van der Waals surface area (Å²) in [4.78, 5) is 13.7. The van der Waals surface area contributed by atoms with Crippen molar-refractivity contribution in [1.29, 1.82) is 0 Å². The van der Waals surface area contributed by atoms with Gasteiger partial charge in [0.05, 0.1) is 24.4 Å². The van der Waals surface area contributed by atoms with Gasteiger partial charge in [0.15, 0.2) is 0 Å². The van der Waals surface area contributed by atoms with Crippen LogP contribution in [0.4, 0.5) is 0 Å². The molecule has 0 saturated carbocycles. The highest BCUT2D eigenvalue weighted by atomic mass is 32.2. The average molecular weight is 378 g/mol. The highest BCUT2D eigenvalue weighted by molar-refractivity contribution is 7.88. The van der Waals surface area contributed by atoms with Gasteiger partial charge in [0.2, 0.25) is 15.9 Å². The van der Waals surface area contributed by atoms with Crippen molar-refractivity contribution in [2.45, 2.75) is 37.8 Å². The van der Waals surface area contributed by atoms with Gasteiger partial charge in [-0.05, 0) is 18.1 Å². The van der Waals surface area contributed by atoms with Crippen molar-refractivity contribution < 1.29 is 18.3 Å². The molecule has 1 spiro atoms. The number of nitrogens with zero attached hydrogens (tertiary/aromatic N) is 2. The summed E-state index contributed by atoms with van der Waals surface area (Å²) in [5.41, 5.74) is 1.43. The molecule has 2 aliphatic rings. The summed E-state index contributed by atoms with van der Waals surface area (Å²) < 4.78 is 26.1. The molecule has 1 aromatic rings. The maximum absolute atomic E-state index is 12.4. The Balaban J connectivity index is 1.95. The summed E-state index contributed by atoms with van der Waals surface area (Å²) in [5, 5.41) is 9.87. The first-order valence-corrected chi connectivity index (χ1v) is 10.7. The van der Waals surface area contributed by atoms with E-state index in [0.29, 0.717) is 19.5 Å². The number of allylic oxidation sites excluding steroid dienone is 1. The number of benzene rings is 1. The van der Waals surface area contributed by atoms with Gasteiger partial charge in [-0.15, -0.1) is 0 Å². The zero-order valence-electron chi connectivity index (χ0n) is 15.4. The fourth-order valence-electron chi connectivity index (χ4n) is 4.52. The van der Waals surface area contributed by atoms with E-state index in [2.05, 4.69) is 0 Å². The van der Waals surface area contributed by atoms with Crippen molar-refractivity contribution in [3.05, 3.63) is 41.5 Å². The van der Waals surface area contributed by atoms with Crippen LogP contribution >= 0.6 is 0 Å². The minimum absolute atomic E-state index is 0.0266. The molecule has 2 fully saturated rings. The zero-order chi connectivity index (χ0) is 19.1. The predicted molar refractivity (Wildman–Crippen MR) is 101 cm³/mol. The van der Waals surface area contributed by atoms with Gasteiger partial charge in [-0.1, -0.05) is 43.3 Å². The van der Waals surface area contributed by atoms with Crippen LogP contribution in [-0.2, 0) is 14.8 Å². The molecule has 26 heavy (non-hydrogen) atoms. The van der Waals surface area contributed by atoms with Crippen molar-refractivity contribution in [3.63, 3.8) is 0 Å². The monoisotopic (exact) mass is 378 g/mol. The Hall–Kier alpha value is -1.70. The molecule has 6 nitrogen and oxygen atoms in total. The van der Waals surface area contributed by atoms with Gasteiger partial charge in [0.25, 0.3) is 0 Å². The summed E-state index contributed by atoms with van der Waals surface area (Å²) >= 11 is 0. The van der Waals surface area contributed by atoms with Gasteiger partial charge < -0.3 is 10.0 Å². The van der Waals surface area contributed by atoms with Crippen LogP contribution in [0.2, 0.25) is 0 Å². The van der Waals surface area contributed by atoms with E-state index in [1.54, 1.807) is 11.8 Å². The summed E-state index contributed by atoms with van der Waals surface area (Å²) in [6.07, 6.45) is 5.54. The molecule has 2 aliphatic heterocycles. The van der Waals surface area contributed by atoms with Gasteiger partial charge in [-0.3, -0.25) is 4.79 Å². The molecule has 2 atom stereocenters. The zero-order valence-corrected chi connectivity index (χ0v) is 16.2. The standard InChI is InChI=1S/C19H26N2O4S/c1-4-6-14-7-9-15(10-8-14)18-16(11-22)21(26(3,24)25)19(18)12-20(13-19)17(23)5-2/h4,6-10,16,18,22H,5,11-13H2,1-3H3/b6-4+/t16-,18+/m1/s1. The number of hydrogen-bond donors (Lipinski definition) is 1. The van der Waals surface area contributed by atoms with E-state index in [4.69, 9.17) is 0 Å². The molecule has 0 unspecified atom stereocenters. The fraction of sp³-hybridized carbons (Fsp3) is 0.526. The third kappa shape index (κ3) is 2.88. The average Bonchev–Trinajstić information content (AvgIpc) is 2.53. The Kier molecular flexibility index (Phi) is 4.98. The van der Waals surface area contributed by atoms with E-state index in [9.17, 15) is 18.3 Å². The van der Waals surface area contributed by atoms with Gasteiger partial charge in [-0.25, -0.2) is 8.42 Å². The van der Waals surface area contributed by atoms with Crippen LogP contribution in [-0.4, -0.2) is 66.2 Å². The number of aliphatic hydroxyl groups excluding tert-OH is 1. The molecule has 1 aromatic carbocycles. The summed E-state index contributed by atoms with van der Waals surface area (Å²) in [7, 11) is -3.49. The summed E-state index contributed by atoms with van der Waals surface area (Å²) in [6, 6.07) is 7.49. The second kappa shape index (κ2) is 6.79. The van der Waals surface area contributed by atoms with Crippen molar-refractivity contribution in [1.82, 2.24) is 9.21 Å². The van der Waals surface area contributed by atoms with Gasteiger partial charge in [0, 0.05) is 25.4 Å². The minimum Gasteiger partial charge on any atom is -0.395 e. The van der Waals surface area contributed by atoms with Gasteiger partial charge in [0.1, 0.15) is 0 Å². The smallest absolute Gasteiger partial charge is 0.222 e. The molecule has 0 aromatic heterocycles. The number of hydrogen-bond acceptors (Lipinski definition) is 4. The third-order valence-corrected chi connectivity index (χ3v) is 6.84. The van der Waals surface area contributed by atoms with E-state index in [1.807, 2.05) is 43.3 Å². The first kappa shape index (κ1) is 19.1. The Morgan fingerprint density at radius 1 is 1.31 bits per heavy atom. The van der Waals surface area contributed by atoms with Crippen molar-refractivity contribution in [3.8, 4) is 0 Å². The SMILES string of the molecule is C/C=C/c1ccc([C@H]2[C@@H](CO)N(S(C)(=O)=O)C23CN(C(=O)CC)C3)cc1. The van der Waals surface area contributed by atoms with Crippen LogP contribution in [0, 0.1) is 0 Å². The summed E-state index contributed by atoms with van der Waals surface area (Å²) in [5.74, 6) is -0.0958. The number of carbonyl (C=O) groups excluding carboxylic acids is 1. The molecular formula is C19H26N2O4S. The quantitative estimate of drug-likeness (QED) is 0.841. The lowest BCUT2D eigenvalue weighted by Crippen LogP contribution is -2.85. The normalized spacial score (nSPS) is 25.3. The highest BCUT2D eigenvalue weighted by Crippen LogP contribution is 2.55. The van der Waals surface area contributed by atoms with Crippen LogP contribution in [0.5, 0.6) is 0 Å². The Morgan fingerprint density at radius 3 is 2.38 bits per heavy atom. The van der Waals surface area contributed by atoms with E-state index in [-0.39, 0.29) is 18.4 Å². The molecule has 3 rings (SSSR count). The molecule has 0 bridgehead atoms. The molecular weight excluding hydrogens is 352 g/mol. The van der Waals surface area contributed by atoms with Gasteiger partial charge >= 0.3 is 0 Å².